The molecule has 0 radical (unpaired) electrons. The van der Waals surface area contributed by atoms with Gasteiger partial charge in [0.2, 0.25) is 0 Å². The van der Waals surface area contributed by atoms with Crippen molar-refractivity contribution < 1.29 is 0 Å². The van der Waals surface area contributed by atoms with Gasteiger partial charge in [0, 0.05) is 14.4 Å². The molecule has 0 amide bonds. The second-order valence-electron chi connectivity index (χ2n) is 15.8. The van der Waals surface area contributed by atoms with Gasteiger partial charge in [-0.1, -0.05) is 148 Å². The van der Waals surface area contributed by atoms with Crippen LogP contribution in [0.2, 0.25) is 0 Å². The molecule has 250 valence electrons. The van der Waals surface area contributed by atoms with Gasteiger partial charge in [0.05, 0.1) is 0 Å². The number of rotatable bonds is 4. The molecule has 0 N–H and O–H groups in total. The third-order valence-corrected chi connectivity index (χ3v) is 12.9. The van der Waals surface area contributed by atoms with E-state index >= 15 is 0 Å². The first kappa shape index (κ1) is 31.7. The smallest absolute Gasteiger partial charge is 0.0227 e. The lowest BCUT2D eigenvalue weighted by Gasteiger charge is -2.29. The molecule has 0 bridgehead atoms. The van der Waals surface area contributed by atoms with Crippen LogP contribution < -0.4 is 0 Å². The number of halogens is 1. The van der Waals surface area contributed by atoms with E-state index < -0.39 is 0 Å². The van der Waals surface area contributed by atoms with Crippen LogP contribution in [0, 0.1) is 10.5 Å². The van der Waals surface area contributed by atoms with Crippen molar-refractivity contribution in [1.29, 1.82) is 0 Å². The van der Waals surface area contributed by atoms with Crippen LogP contribution in [0.3, 0.4) is 0 Å². The summed E-state index contributed by atoms with van der Waals surface area (Å²) in [6.07, 6.45) is 0.926. The minimum atomic E-state index is -0.189. The van der Waals surface area contributed by atoms with Crippen molar-refractivity contribution in [3.05, 3.63) is 189 Å². The van der Waals surface area contributed by atoms with Gasteiger partial charge in [0.1, 0.15) is 0 Å². The summed E-state index contributed by atoms with van der Waals surface area (Å²) in [5, 5.41) is 5.15. The summed E-state index contributed by atoms with van der Waals surface area (Å²) >= 11 is 2.41. The van der Waals surface area contributed by atoms with Gasteiger partial charge in [-0.3, -0.25) is 0 Å². The average molecular weight is 779 g/mol. The van der Waals surface area contributed by atoms with Crippen LogP contribution in [0.15, 0.2) is 152 Å². The van der Waals surface area contributed by atoms with Crippen LogP contribution in [0.1, 0.15) is 54.2 Å². The molecule has 2 aliphatic rings. The summed E-state index contributed by atoms with van der Waals surface area (Å²) in [7, 11) is 0. The van der Waals surface area contributed by atoms with Crippen molar-refractivity contribution >= 4 is 44.1 Å². The van der Waals surface area contributed by atoms with Crippen molar-refractivity contribution in [1.82, 2.24) is 0 Å². The van der Waals surface area contributed by atoms with Crippen LogP contribution in [-0.4, -0.2) is 0 Å². The van der Waals surface area contributed by atoms with Crippen molar-refractivity contribution in [3.63, 3.8) is 0 Å². The van der Waals surface area contributed by atoms with Gasteiger partial charge in [-0.25, -0.2) is 0 Å². The van der Waals surface area contributed by atoms with Gasteiger partial charge in [-0.2, -0.15) is 0 Å². The SMILES string of the molecule is Cc1ccc2cc(-c3ccc4c(c3)C(C)(Cc3cccc5c3-c3cccc(-c6ccc7cc(I)ccc7c6)c3C5(C)C)c3ccccc3-4)ccc2c1. The van der Waals surface area contributed by atoms with Gasteiger partial charge in [-0.05, 0) is 160 Å². The molecule has 8 aromatic rings. The molecule has 0 saturated carbocycles. The van der Waals surface area contributed by atoms with Crippen LogP contribution in [-0.2, 0) is 17.3 Å². The maximum Gasteiger partial charge on any atom is 0.0227 e. The van der Waals surface area contributed by atoms with E-state index in [-0.39, 0.29) is 10.8 Å². The van der Waals surface area contributed by atoms with Crippen LogP contribution in [0.25, 0.3) is 66.1 Å². The Morgan fingerprint density at radius 3 is 1.92 bits per heavy atom. The van der Waals surface area contributed by atoms with Gasteiger partial charge < -0.3 is 0 Å². The highest BCUT2D eigenvalue weighted by Crippen LogP contribution is 2.56. The fourth-order valence-electron chi connectivity index (χ4n) is 9.66. The van der Waals surface area contributed by atoms with E-state index in [0.717, 1.165) is 6.42 Å². The molecule has 2 aliphatic carbocycles. The molecule has 0 aliphatic heterocycles. The monoisotopic (exact) mass is 778 g/mol. The predicted molar refractivity (Wildman–Crippen MR) is 229 cm³/mol. The standard InChI is InChI=1S/C51H39I/c1-31-15-16-33-26-34(18-17-32(33)25-31)37-22-24-43-42-10-5-6-13-45(42)51(4,47(43)29-37)30-39-9-7-14-46-48(39)44-12-8-11-41(49(44)50(46,2)3)38-20-19-36-28-40(52)23-21-35(36)27-38/h5-29H,30H2,1-4H3. The Balaban J connectivity index is 1.11. The topological polar surface area (TPSA) is 0 Å². The molecule has 0 saturated heterocycles. The van der Waals surface area contributed by atoms with Crippen molar-refractivity contribution in [3.8, 4) is 44.5 Å². The van der Waals surface area contributed by atoms with E-state index in [1.54, 1.807) is 0 Å². The Kier molecular flexibility index (Phi) is 7.02. The Bertz CT molecular complexity index is 2780. The third-order valence-electron chi connectivity index (χ3n) is 12.2. The van der Waals surface area contributed by atoms with E-state index in [0.29, 0.717) is 0 Å². The van der Waals surface area contributed by atoms with Crippen LogP contribution in [0.4, 0.5) is 0 Å². The fourth-order valence-corrected chi connectivity index (χ4v) is 10.2. The summed E-state index contributed by atoms with van der Waals surface area (Å²) in [6.45, 7) is 9.50. The molecule has 1 atom stereocenters. The van der Waals surface area contributed by atoms with E-state index in [1.165, 1.54) is 103 Å². The Labute approximate surface area is 320 Å². The average Bonchev–Trinajstić information content (AvgIpc) is 3.55. The van der Waals surface area contributed by atoms with Gasteiger partial charge in [0.25, 0.3) is 0 Å². The molecule has 1 unspecified atom stereocenters. The molecule has 52 heavy (non-hydrogen) atoms. The first-order valence-electron chi connectivity index (χ1n) is 18.4. The van der Waals surface area contributed by atoms with E-state index in [1.807, 2.05) is 0 Å². The largest absolute Gasteiger partial charge is 0.0619 e. The lowest BCUT2D eigenvalue weighted by molar-refractivity contribution is 0.583. The highest BCUT2D eigenvalue weighted by atomic mass is 127. The molecule has 0 nitrogen and oxygen atoms in total. The van der Waals surface area contributed by atoms with Crippen LogP contribution >= 0.6 is 22.6 Å². The number of fused-ring (bicyclic) bond motifs is 8. The highest BCUT2D eigenvalue weighted by Gasteiger charge is 2.43. The van der Waals surface area contributed by atoms with Crippen molar-refractivity contribution in [2.45, 2.75) is 44.9 Å². The Morgan fingerprint density at radius 2 is 1.06 bits per heavy atom. The second kappa shape index (κ2) is 11.5. The summed E-state index contributed by atoms with van der Waals surface area (Å²) in [5.41, 5.74) is 18.8. The molecular weight excluding hydrogens is 739 g/mol. The molecule has 0 heterocycles. The van der Waals surface area contributed by atoms with Crippen LogP contribution in [0.5, 0.6) is 0 Å². The van der Waals surface area contributed by atoms with Crippen molar-refractivity contribution in [2.24, 2.45) is 0 Å². The first-order valence-corrected chi connectivity index (χ1v) is 19.5. The third kappa shape index (κ3) is 4.71. The van der Waals surface area contributed by atoms with E-state index in [2.05, 4.69) is 202 Å². The highest BCUT2D eigenvalue weighted by molar-refractivity contribution is 14.1. The summed E-state index contributed by atoms with van der Waals surface area (Å²) in [5.74, 6) is 0. The summed E-state index contributed by atoms with van der Waals surface area (Å²) in [4.78, 5) is 0. The quantitative estimate of drug-likeness (QED) is 0.156. The minimum Gasteiger partial charge on any atom is -0.0619 e. The maximum absolute atomic E-state index is 2.49. The fraction of sp³-hybridized carbons (Fsp3) is 0.137. The lowest BCUT2D eigenvalue weighted by Crippen LogP contribution is -2.24. The number of benzene rings is 8. The zero-order valence-electron chi connectivity index (χ0n) is 30.0. The molecule has 10 rings (SSSR count). The van der Waals surface area contributed by atoms with Gasteiger partial charge in [-0.15, -0.1) is 0 Å². The molecule has 1 heteroatoms. The van der Waals surface area contributed by atoms with E-state index in [9.17, 15) is 0 Å². The zero-order valence-corrected chi connectivity index (χ0v) is 32.2. The van der Waals surface area contributed by atoms with Gasteiger partial charge in [0.15, 0.2) is 0 Å². The Hall–Kier alpha value is -4.99. The molecule has 8 aromatic carbocycles. The molecule has 0 fully saturated rings. The molecule has 0 spiro atoms. The maximum atomic E-state index is 2.49. The van der Waals surface area contributed by atoms with Crippen molar-refractivity contribution in [2.75, 3.05) is 0 Å². The van der Waals surface area contributed by atoms with Gasteiger partial charge >= 0.3 is 0 Å². The normalized spacial score (nSPS) is 16.5. The zero-order chi connectivity index (χ0) is 35.4. The summed E-state index contributed by atoms with van der Waals surface area (Å²) in [6, 6.07) is 57.7. The Morgan fingerprint density at radius 1 is 0.462 bits per heavy atom. The lowest BCUT2D eigenvalue weighted by atomic mass is 9.73. The number of aryl methyl sites for hydroxylation is 1. The molecular formula is C51H39I. The predicted octanol–water partition coefficient (Wildman–Crippen LogP) is 14.1. The number of hydrogen-bond acceptors (Lipinski definition) is 0. The first-order chi connectivity index (χ1) is 25.2. The molecule has 0 aromatic heterocycles. The minimum absolute atomic E-state index is 0.132. The number of hydrogen-bond donors (Lipinski definition) is 0. The summed E-state index contributed by atoms with van der Waals surface area (Å²) < 4.78 is 1.27. The van der Waals surface area contributed by atoms with E-state index in [4.69, 9.17) is 0 Å². The second-order valence-corrected chi connectivity index (χ2v) is 17.0.